The first-order valence-corrected chi connectivity index (χ1v) is 7.53. The van der Waals surface area contributed by atoms with Gasteiger partial charge in [-0.2, -0.15) is 0 Å². The summed E-state index contributed by atoms with van der Waals surface area (Å²) in [6.45, 7) is 3.84. The lowest BCUT2D eigenvalue weighted by atomic mass is 10.1. The minimum atomic E-state index is -0.658. The smallest absolute Gasteiger partial charge is 0.245 e. The van der Waals surface area contributed by atoms with E-state index in [4.69, 9.17) is 17.3 Å². The van der Waals surface area contributed by atoms with Crippen LogP contribution in [-0.4, -0.2) is 15.9 Å². The van der Waals surface area contributed by atoms with Gasteiger partial charge in [0.2, 0.25) is 5.91 Å². The number of halogens is 1. The molecule has 21 heavy (non-hydrogen) atoms. The fraction of sp³-hybridized carbons (Fsp3) is 0.214. The van der Waals surface area contributed by atoms with E-state index in [9.17, 15) is 4.79 Å². The zero-order chi connectivity index (χ0) is 15.1. The second kappa shape index (κ2) is 5.29. The molecule has 0 radical (unpaired) electrons. The lowest BCUT2D eigenvalue weighted by Crippen LogP contribution is -2.19. The molecule has 3 N–H and O–H groups in total. The summed E-state index contributed by atoms with van der Waals surface area (Å²) in [6.07, 6.45) is 0. The van der Waals surface area contributed by atoms with Crippen LogP contribution in [0.3, 0.4) is 0 Å². The molecule has 1 aliphatic heterocycles. The minimum Gasteiger partial charge on any atom is -0.324 e. The molecule has 0 saturated carbocycles. The third-order valence-corrected chi connectivity index (χ3v) is 4.49. The van der Waals surface area contributed by atoms with Crippen LogP contribution in [0.5, 0.6) is 0 Å². The van der Waals surface area contributed by atoms with Crippen LogP contribution in [0.25, 0.3) is 0 Å². The fourth-order valence-electron chi connectivity index (χ4n) is 2.20. The Morgan fingerprint density at radius 3 is 2.57 bits per heavy atom. The van der Waals surface area contributed by atoms with Crippen LogP contribution in [0, 0.1) is 13.8 Å². The normalized spacial score (nSPS) is 16.8. The molecule has 0 saturated heterocycles. The maximum Gasteiger partial charge on any atom is 0.245 e. The minimum absolute atomic E-state index is 0.217. The van der Waals surface area contributed by atoms with Gasteiger partial charge < -0.3 is 11.1 Å². The summed E-state index contributed by atoms with van der Waals surface area (Å²) in [5.74, 6) is -0.217. The Labute approximate surface area is 131 Å². The summed E-state index contributed by atoms with van der Waals surface area (Å²) in [5.41, 5.74) is 9.02. The number of anilines is 1. The van der Waals surface area contributed by atoms with E-state index < -0.39 is 6.04 Å². The van der Waals surface area contributed by atoms with Crippen LogP contribution in [0.2, 0.25) is 5.02 Å². The molecule has 2 heterocycles. The van der Waals surface area contributed by atoms with Crippen molar-refractivity contribution in [2.75, 3.05) is 5.32 Å². The number of carbonyl (C=O) groups is 1. The fourth-order valence-corrected chi connectivity index (χ4v) is 3.40. The highest BCUT2D eigenvalue weighted by atomic mass is 35.5. The van der Waals surface area contributed by atoms with Crippen LogP contribution in [0.4, 0.5) is 5.69 Å². The van der Waals surface area contributed by atoms with Crippen molar-refractivity contribution in [3.8, 4) is 0 Å². The van der Waals surface area contributed by atoms with Gasteiger partial charge in [0.15, 0.2) is 5.16 Å². The third-order valence-electron chi connectivity index (χ3n) is 3.14. The quantitative estimate of drug-likeness (QED) is 0.832. The molecule has 1 aliphatic rings. The van der Waals surface area contributed by atoms with Gasteiger partial charge in [-0.3, -0.25) is 4.79 Å². The van der Waals surface area contributed by atoms with Gasteiger partial charge in [-0.25, -0.2) is 9.97 Å². The number of aryl methyl sites for hydroxylation is 2. The number of hydrogen-bond acceptors (Lipinski definition) is 5. The number of rotatable bonds is 2. The molecular formula is C14H13ClN4OS. The van der Waals surface area contributed by atoms with E-state index in [2.05, 4.69) is 15.3 Å². The Bertz CT molecular complexity index is 730. The van der Waals surface area contributed by atoms with Crippen molar-refractivity contribution in [2.24, 2.45) is 5.73 Å². The Morgan fingerprint density at radius 2 is 1.90 bits per heavy atom. The standard InChI is InChI=1S/C14H13ClN4OS/c1-6-3-7(2)18-14(17-6)21-11-5-10-8(4-9(11)15)12(16)13(20)19-10/h3-5,12H,16H2,1-2H3,(H,19,20). The molecule has 0 fully saturated rings. The predicted molar refractivity (Wildman–Crippen MR) is 82.6 cm³/mol. The lowest BCUT2D eigenvalue weighted by Gasteiger charge is -2.08. The van der Waals surface area contributed by atoms with E-state index in [1.54, 1.807) is 6.07 Å². The highest BCUT2D eigenvalue weighted by Gasteiger charge is 2.28. The molecule has 7 heteroatoms. The maximum atomic E-state index is 11.6. The monoisotopic (exact) mass is 320 g/mol. The van der Waals surface area contributed by atoms with Gasteiger partial charge in [0.25, 0.3) is 0 Å². The van der Waals surface area contributed by atoms with Crippen molar-refractivity contribution in [1.29, 1.82) is 0 Å². The summed E-state index contributed by atoms with van der Waals surface area (Å²) in [6, 6.07) is 4.79. The average molecular weight is 321 g/mol. The third kappa shape index (κ3) is 2.74. The van der Waals surface area contributed by atoms with Gasteiger partial charge in [0.05, 0.1) is 5.02 Å². The van der Waals surface area contributed by atoms with Gasteiger partial charge in [-0.1, -0.05) is 11.6 Å². The van der Waals surface area contributed by atoms with E-state index >= 15 is 0 Å². The first-order chi connectivity index (χ1) is 9.94. The number of hydrogen-bond donors (Lipinski definition) is 2. The van der Waals surface area contributed by atoms with Crippen LogP contribution < -0.4 is 11.1 Å². The summed E-state index contributed by atoms with van der Waals surface area (Å²) >= 11 is 7.64. The van der Waals surface area contributed by atoms with Crippen LogP contribution >= 0.6 is 23.4 Å². The van der Waals surface area contributed by atoms with Gasteiger partial charge in [0.1, 0.15) is 6.04 Å². The molecule has 0 spiro atoms. The van der Waals surface area contributed by atoms with Gasteiger partial charge in [0, 0.05) is 27.5 Å². The van der Waals surface area contributed by atoms with Crippen molar-refractivity contribution in [3.05, 3.63) is 40.2 Å². The number of nitrogens with one attached hydrogen (secondary N) is 1. The number of nitrogens with two attached hydrogens (primary N) is 1. The Hall–Kier alpha value is -1.63. The largest absolute Gasteiger partial charge is 0.324 e. The zero-order valence-electron chi connectivity index (χ0n) is 11.5. The summed E-state index contributed by atoms with van der Waals surface area (Å²) in [5, 5.41) is 3.91. The predicted octanol–water partition coefficient (Wildman–Crippen LogP) is 2.85. The van der Waals surface area contributed by atoms with E-state index in [1.165, 1.54) is 11.8 Å². The molecule has 1 atom stereocenters. The highest BCUT2D eigenvalue weighted by Crippen LogP contribution is 2.39. The topological polar surface area (TPSA) is 80.9 Å². The van der Waals surface area contributed by atoms with Crippen LogP contribution in [-0.2, 0) is 4.79 Å². The van der Waals surface area contributed by atoms with E-state index in [0.717, 1.165) is 21.8 Å². The van der Waals surface area contributed by atoms with Crippen LogP contribution in [0.1, 0.15) is 23.0 Å². The highest BCUT2D eigenvalue weighted by molar-refractivity contribution is 7.99. The zero-order valence-corrected chi connectivity index (χ0v) is 13.0. The van der Waals surface area contributed by atoms with Crippen molar-refractivity contribution in [3.63, 3.8) is 0 Å². The summed E-state index contributed by atoms with van der Waals surface area (Å²) in [4.78, 5) is 21.1. The number of fused-ring (bicyclic) bond motifs is 1. The molecule has 0 aliphatic carbocycles. The Kier molecular flexibility index (Phi) is 3.61. The number of benzene rings is 1. The van der Waals surface area contributed by atoms with Crippen molar-refractivity contribution in [1.82, 2.24) is 9.97 Å². The molecule has 1 unspecified atom stereocenters. The number of carbonyl (C=O) groups excluding carboxylic acids is 1. The molecule has 1 amide bonds. The molecule has 3 rings (SSSR count). The van der Waals surface area contributed by atoms with E-state index in [1.807, 2.05) is 26.0 Å². The maximum absolute atomic E-state index is 11.6. The van der Waals surface area contributed by atoms with Gasteiger partial charge in [-0.15, -0.1) is 0 Å². The molecule has 0 bridgehead atoms. The van der Waals surface area contributed by atoms with Gasteiger partial charge >= 0.3 is 0 Å². The molecule has 1 aromatic carbocycles. The molecule has 2 aromatic rings. The van der Waals surface area contributed by atoms with Crippen molar-refractivity contribution >= 4 is 35.0 Å². The number of nitrogens with zero attached hydrogens (tertiary/aromatic N) is 2. The second-order valence-corrected chi connectivity index (χ2v) is 6.29. The molecule has 1 aromatic heterocycles. The molecule has 108 valence electrons. The van der Waals surface area contributed by atoms with E-state index in [0.29, 0.717) is 15.9 Å². The van der Waals surface area contributed by atoms with Crippen molar-refractivity contribution < 1.29 is 4.79 Å². The molecular weight excluding hydrogens is 308 g/mol. The second-order valence-electron chi connectivity index (χ2n) is 4.87. The lowest BCUT2D eigenvalue weighted by molar-refractivity contribution is -0.116. The Morgan fingerprint density at radius 1 is 1.24 bits per heavy atom. The first-order valence-electron chi connectivity index (χ1n) is 6.34. The SMILES string of the molecule is Cc1cc(C)nc(Sc2cc3c(cc2Cl)C(N)C(=O)N3)n1. The summed E-state index contributed by atoms with van der Waals surface area (Å²) in [7, 11) is 0. The number of aromatic nitrogens is 2. The van der Waals surface area contributed by atoms with E-state index in [-0.39, 0.29) is 5.91 Å². The summed E-state index contributed by atoms with van der Waals surface area (Å²) < 4.78 is 0. The first kappa shape index (κ1) is 14.3. The molecule has 5 nitrogen and oxygen atoms in total. The number of amides is 1. The Balaban J connectivity index is 1.97. The van der Waals surface area contributed by atoms with Crippen molar-refractivity contribution in [2.45, 2.75) is 29.9 Å². The average Bonchev–Trinajstić information content (AvgIpc) is 2.65. The van der Waals surface area contributed by atoms with Crippen LogP contribution in [0.15, 0.2) is 28.3 Å². The van der Waals surface area contributed by atoms with Gasteiger partial charge in [-0.05, 0) is 43.8 Å².